The summed E-state index contributed by atoms with van der Waals surface area (Å²) in [5, 5.41) is 0. The van der Waals surface area contributed by atoms with E-state index in [0.717, 1.165) is 5.57 Å². The third-order valence-corrected chi connectivity index (χ3v) is 1.49. The molecule has 1 nitrogen and oxygen atoms in total. The van der Waals surface area contributed by atoms with Crippen molar-refractivity contribution in [2.45, 2.75) is 13.8 Å². The fourth-order valence-corrected chi connectivity index (χ4v) is 0.706. The van der Waals surface area contributed by atoms with E-state index in [9.17, 15) is 0 Å². The lowest BCUT2D eigenvalue weighted by Gasteiger charge is -2.06. The molecule has 0 fully saturated rings. The van der Waals surface area contributed by atoms with Gasteiger partial charge < -0.3 is 4.74 Å². The molecule has 0 bridgehead atoms. The molecule has 0 radical (unpaired) electrons. The number of methoxy groups -OCH3 is 1. The summed E-state index contributed by atoms with van der Waals surface area (Å²) in [4.78, 5) is 0. The van der Waals surface area contributed by atoms with Crippen molar-refractivity contribution < 1.29 is 4.74 Å². The average Bonchev–Trinajstić information content (AvgIpc) is 1.99. The first-order chi connectivity index (χ1) is 5.11. The van der Waals surface area contributed by atoms with Crippen LogP contribution in [0, 0.1) is 5.92 Å². The fraction of sp³-hybridized carbons (Fsp3) is 0.400. The third-order valence-electron chi connectivity index (χ3n) is 1.49. The highest BCUT2D eigenvalue weighted by molar-refractivity contribution is 5.25. The molecule has 0 spiro atoms. The summed E-state index contributed by atoms with van der Waals surface area (Å²) in [6, 6.07) is 0. The highest BCUT2D eigenvalue weighted by Crippen LogP contribution is 2.12. The summed E-state index contributed by atoms with van der Waals surface area (Å²) in [7, 11) is 1.61. The molecule has 0 aliphatic carbocycles. The van der Waals surface area contributed by atoms with Crippen LogP contribution < -0.4 is 0 Å². The quantitative estimate of drug-likeness (QED) is 0.444. The highest BCUT2D eigenvalue weighted by atomic mass is 16.5. The topological polar surface area (TPSA) is 9.23 Å². The van der Waals surface area contributed by atoms with E-state index in [0.29, 0.717) is 11.7 Å². The Kier molecular flexibility index (Phi) is 4.35. The summed E-state index contributed by atoms with van der Waals surface area (Å²) in [6.45, 7) is 11.6. The summed E-state index contributed by atoms with van der Waals surface area (Å²) < 4.78 is 4.91. The molecule has 0 aliphatic rings. The van der Waals surface area contributed by atoms with E-state index in [1.165, 1.54) is 0 Å². The molecule has 62 valence electrons. The van der Waals surface area contributed by atoms with Crippen molar-refractivity contribution in [1.29, 1.82) is 0 Å². The highest BCUT2D eigenvalue weighted by Gasteiger charge is 1.98. The fourth-order valence-electron chi connectivity index (χ4n) is 0.706. The standard InChI is InChI=1S/C10H16O/c1-6-10(8(2)3)7-9(4)11-5/h6-8H,1,4H2,2-3,5H3/b10-7+. The van der Waals surface area contributed by atoms with Crippen LogP contribution in [0.1, 0.15) is 13.8 Å². The maximum absolute atomic E-state index is 4.91. The van der Waals surface area contributed by atoms with Gasteiger partial charge in [0.05, 0.1) is 7.11 Å². The smallest absolute Gasteiger partial charge is 0.111 e. The molecule has 0 saturated heterocycles. The first kappa shape index (κ1) is 10.0. The first-order valence-corrected chi connectivity index (χ1v) is 3.68. The van der Waals surface area contributed by atoms with Gasteiger partial charge in [0, 0.05) is 0 Å². The first-order valence-electron chi connectivity index (χ1n) is 3.68. The second-order valence-corrected chi connectivity index (χ2v) is 2.67. The number of hydrogen-bond donors (Lipinski definition) is 0. The van der Waals surface area contributed by atoms with E-state index in [1.807, 2.05) is 12.2 Å². The lowest BCUT2D eigenvalue weighted by atomic mass is 10.0. The zero-order valence-electron chi connectivity index (χ0n) is 7.55. The average molecular weight is 152 g/mol. The Balaban J connectivity index is 4.35. The van der Waals surface area contributed by atoms with Gasteiger partial charge in [-0.15, -0.1) is 0 Å². The Hall–Kier alpha value is -0.980. The zero-order valence-corrected chi connectivity index (χ0v) is 7.55. The summed E-state index contributed by atoms with van der Waals surface area (Å²) in [6.07, 6.45) is 3.73. The molecule has 0 amide bonds. The van der Waals surface area contributed by atoms with Gasteiger partial charge in [-0.05, 0) is 17.6 Å². The predicted octanol–water partition coefficient (Wildman–Crippen LogP) is 2.91. The van der Waals surface area contributed by atoms with Crippen molar-refractivity contribution in [1.82, 2.24) is 0 Å². The van der Waals surface area contributed by atoms with E-state index in [2.05, 4.69) is 27.0 Å². The van der Waals surface area contributed by atoms with Gasteiger partial charge in [0.2, 0.25) is 0 Å². The van der Waals surface area contributed by atoms with Crippen LogP contribution in [0.15, 0.2) is 36.6 Å². The molecule has 0 aromatic rings. The molecule has 1 heteroatoms. The van der Waals surface area contributed by atoms with Crippen molar-refractivity contribution in [3.05, 3.63) is 36.6 Å². The van der Waals surface area contributed by atoms with Gasteiger partial charge in [0.25, 0.3) is 0 Å². The SMILES string of the molecule is C=C/C(=C\C(=C)OC)C(C)C. The van der Waals surface area contributed by atoms with E-state index in [1.54, 1.807) is 7.11 Å². The monoisotopic (exact) mass is 152 g/mol. The lowest BCUT2D eigenvalue weighted by molar-refractivity contribution is 0.308. The number of hydrogen-bond acceptors (Lipinski definition) is 1. The van der Waals surface area contributed by atoms with Crippen molar-refractivity contribution in [2.75, 3.05) is 7.11 Å². The second-order valence-electron chi connectivity index (χ2n) is 2.67. The van der Waals surface area contributed by atoms with Crippen molar-refractivity contribution in [2.24, 2.45) is 5.92 Å². The Morgan fingerprint density at radius 3 is 2.27 bits per heavy atom. The molecule has 0 unspecified atom stereocenters. The van der Waals surface area contributed by atoms with Crippen LogP contribution in [-0.4, -0.2) is 7.11 Å². The molecular weight excluding hydrogens is 136 g/mol. The van der Waals surface area contributed by atoms with E-state index >= 15 is 0 Å². The van der Waals surface area contributed by atoms with Gasteiger partial charge >= 0.3 is 0 Å². The molecular formula is C10H16O. The molecule has 0 saturated carbocycles. The van der Waals surface area contributed by atoms with Crippen LogP contribution in [-0.2, 0) is 4.74 Å². The molecule has 0 aromatic heterocycles. The predicted molar refractivity (Wildman–Crippen MR) is 49.3 cm³/mol. The van der Waals surface area contributed by atoms with E-state index in [4.69, 9.17) is 4.74 Å². The van der Waals surface area contributed by atoms with Gasteiger partial charge in [-0.1, -0.05) is 33.1 Å². The van der Waals surface area contributed by atoms with Gasteiger partial charge in [-0.25, -0.2) is 0 Å². The van der Waals surface area contributed by atoms with Crippen molar-refractivity contribution in [3.63, 3.8) is 0 Å². The van der Waals surface area contributed by atoms with Crippen LogP contribution in [0.5, 0.6) is 0 Å². The summed E-state index contributed by atoms with van der Waals surface area (Å²) in [5.41, 5.74) is 1.15. The minimum atomic E-state index is 0.472. The minimum Gasteiger partial charge on any atom is -0.497 e. The molecule has 0 rings (SSSR count). The molecule has 0 aromatic carbocycles. The number of ether oxygens (including phenoxy) is 1. The summed E-state index contributed by atoms with van der Waals surface area (Å²) >= 11 is 0. The van der Waals surface area contributed by atoms with Crippen molar-refractivity contribution in [3.8, 4) is 0 Å². The van der Waals surface area contributed by atoms with Gasteiger partial charge in [0.15, 0.2) is 0 Å². The lowest BCUT2D eigenvalue weighted by Crippen LogP contribution is -1.91. The van der Waals surface area contributed by atoms with E-state index in [-0.39, 0.29) is 0 Å². The molecule has 0 aliphatic heterocycles. The Morgan fingerprint density at radius 2 is 2.00 bits per heavy atom. The normalized spacial score (nSPS) is 11.5. The van der Waals surface area contributed by atoms with Crippen LogP contribution in [0.2, 0.25) is 0 Å². The molecule has 0 atom stereocenters. The molecule has 11 heavy (non-hydrogen) atoms. The number of allylic oxidation sites excluding steroid dienone is 3. The second kappa shape index (κ2) is 4.78. The van der Waals surface area contributed by atoms with Crippen molar-refractivity contribution >= 4 is 0 Å². The number of rotatable bonds is 4. The Bertz CT molecular complexity index is 175. The third kappa shape index (κ3) is 3.66. The Morgan fingerprint density at radius 1 is 1.45 bits per heavy atom. The molecule has 0 heterocycles. The largest absolute Gasteiger partial charge is 0.497 e. The Labute approximate surface area is 69.1 Å². The van der Waals surface area contributed by atoms with Crippen LogP contribution in [0.4, 0.5) is 0 Å². The zero-order chi connectivity index (χ0) is 8.85. The maximum Gasteiger partial charge on any atom is 0.111 e. The van der Waals surface area contributed by atoms with E-state index < -0.39 is 0 Å². The maximum atomic E-state index is 4.91. The summed E-state index contributed by atoms with van der Waals surface area (Å²) in [5.74, 6) is 1.15. The van der Waals surface area contributed by atoms with Crippen LogP contribution >= 0.6 is 0 Å². The van der Waals surface area contributed by atoms with Gasteiger partial charge in [-0.2, -0.15) is 0 Å². The minimum absolute atomic E-state index is 0.472. The van der Waals surface area contributed by atoms with Gasteiger partial charge in [-0.3, -0.25) is 0 Å². The molecule has 0 N–H and O–H groups in total. The van der Waals surface area contributed by atoms with Crippen LogP contribution in [0.25, 0.3) is 0 Å². The van der Waals surface area contributed by atoms with Gasteiger partial charge in [0.1, 0.15) is 5.76 Å². The van der Waals surface area contributed by atoms with Crippen LogP contribution in [0.3, 0.4) is 0 Å².